The smallest absolute Gasteiger partial charge is 0.241 e. The van der Waals surface area contributed by atoms with Crippen molar-refractivity contribution in [3.8, 4) is 23.2 Å². The Kier molecular flexibility index (Phi) is 5.96. The Morgan fingerprint density at radius 3 is 2.55 bits per heavy atom. The molecule has 8 heteroatoms. The summed E-state index contributed by atoms with van der Waals surface area (Å²) in [5.41, 5.74) is 2.89. The molecule has 0 spiro atoms. The van der Waals surface area contributed by atoms with Gasteiger partial charge in [-0.25, -0.2) is 0 Å². The predicted octanol–water partition coefficient (Wildman–Crippen LogP) is 3.14. The standard InChI is InChI=1S/C23H23N5O3/c1-16(29)18-3-4-19(14-24)21(13-18)28-11-9-27(10-12-28)15-22-25-23(26-31-22)17-5-7-20(30-2)8-6-17/h3-8,13H,9-12,15H2,1-2H3. The SMILES string of the molecule is COc1ccc(-c2noc(CN3CCN(c4cc(C(C)=O)ccc4C#N)CC3)n2)cc1. The van der Waals surface area contributed by atoms with E-state index in [1.54, 1.807) is 19.2 Å². The number of anilines is 1. The number of Topliss-reactive ketones (excluding diaryl/α,β-unsaturated/α-hetero) is 1. The Hall–Kier alpha value is -3.70. The van der Waals surface area contributed by atoms with E-state index in [-0.39, 0.29) is 5.78 Å². The van der Waals surface area contributed by atoms with Crippen molar-refractivity contribution >= 4 is 11.5 Å². The van der Waals surface area contributed by atoms with E-state index in [0.717, 1.165) is 43.2 Å². The number of aromatic nitrogens is 2. The molecule has 2 heterocycles. The van der Waals surface area contributed by atoms with Crippen LogP contribution in [-0.4, -0.2) is 54.1 Å². The highest BCUT2D eigenvalue weighted by Crippen LogP contribution is 2.24. The van der Waals surface area contributed by atoms with E-state index in [4.69, 9.17) is 9.26 Å². The lowest BCUT2D eigenvalue weighted by Gasteiger charge is -2.35. The summed E-state index contributed by atoms with van der Waals surface area (Å²) in [6.07, 6.45) is 0. The number of carbonyl (C=O) groups is 1. The number of rotatable bonds is 6. The Labute approximate surface area is 180 Å². The lowest BCUT2D eigenvalue weighted by atomic mass is 10.1. The minimum atomic E-state index is -0.00608. The predicted molar refractivity (Wildman–Crippen MR) is 115 cm³/mol. The van der Waals surface area contributed by atoms with Crippen molar-refractivity contribution in [2.75, 3.05) is 38.2 Å². The molecule has 8 nitrogen and oxygen atoms in total. The fourth-order valence-electron chi connectivity index (χ4n) is 3.62. The maximum absolute atomic E-state index is 11.7. The molecule has 158 valence electrons. The molecule has 0 unspecified atom stereocenters. The summed E-state index contributed by atoms with van der Waals surface area (Å²) in [7, 11) is 1.63. The van der Waals surface area contributed by atoms with Crippen molar-refractivity contribution in [2.45, 2.75) is 13.5 Å². The van der Waals surface area contributed by atoms with Gasteiger partial charge in [-0.05, 0) is 49.4 Å². The van der Waals surface area contributed by atoms with Gasteiger partial charge in [0.2, 0.25) is 11.7 Å². The van der Waals surface area contributed by atoms with Crippen LogP contribution in [0.15, 0.2) is 47.0 Å². The third kappa shape index (κ3) is 4.57. The maximum atomic E-state index is 11.7. The molecule has 0 radical (unpaired) electrons. The number of carbonyl (C=O) groups excluding carboxylic acids is 1. The van der Waals surface area contributed by atoms with Gasteiger partial charge in [-0.1, -0.05) is 5.16 Å². The number of benzene rings is 2. The zero-order valence-corrected chi connectivity index (χ0v) is 17.5. The summed E-state index contributed by atoms with van der Waals surface area (Å²) in [6, 6.07) is 15.0. The van der Waals surface area contributed by atoms with Crippen molar-refractivity contribution < 1.29 is 14.1 Å². The molecule has 1 aromatic heterocycles. The quantitative estimate of drug-likeness (QED) is 0.565. The summed E-state index contributed by atoms with van der Waals surface area (Å²) in [4.78, 5) is 20.6. The first-order chi connectivity index (χ1) is 15.1. The molecule has 0 bridgehead atoms. The molecular weight excluding hydrogens is 394 g/mol. The van der Waals surface area contributed by atoms with E-state index in [2.05, 4.69) is 26.0 Å². The van der Waals surface area contributed by atoms with E-state index >= 15 is 0 Å². The van der Waals surface area contributed by atoms with Crippen LogP contribution in [0.3, 0.4) is 0 Å². The van der Waals surface area contributed by atoms with Gasteiger partial charge in [-0.15, -0.1) is 0 Å². The van der Waals surface area contributed by atoms with E-state index in [9.17, 15) is 10.1 Å². The molecular formula is C23H23N5O3. The molecule has 1 saturated heterocycles. The van der Waals surface area contributed by atoms with Crippen molar-refractivity contribution in [2.24, 2.45) is 0 Å². The molecule has 4 rings (SSSR count). The summed E-state index contributed by atoms with van der Waals surface area (Å²) in [6.45, 7) is 5.17. The molecule has 1 fully saturated rings. The average molecular weight is 417 g/mol. The lowest BCUT2D eigenvalue weighted by molar-refractivity contribution is 0.101. The maximum Gasteiger partial charge on any atom is 0.241 e. The van der Waals surface area contributed by atoms with Crippen LogP contribution in [0.25, 0.3) is 11.4 Å². The number of hydrogen-bond donors (Lipinski definition) is 0. The summed E-state index contributed by atoms with van der Waals surface area (Å²) >= 11 is 0. The first kappa shape index (κ1) is 20.6. The normalized spacial score (nSPS) is 14.3. The summed E-state index contributed by atoms with van der Waals surface area (Å²) < 4.78 is 10.6. The van der Waals surface area contributed by atoms with Gasteiger partial charge in [0.1, 0.15) is 11.8 Å². The second-order valence-corrected chi connectivity index (χ2v) is 7.40. The zero-order valence-electron chi connectivity index (χ0n) is 17.5. The number of ketones is 1. The van der Waals surface area contributed by atoms with Gasteiger partial charge in [0.15, 0.2) is 5.78 Å². The summed E-state index contributed by atoms with van der Waals surface area (Å²) in [5, 5.41) is 13.5. The van der Waals surface area contributed by atoms with E-state index in [1.165, 1.54) is 6.92 Å². The number of piperazine rings is 1. The highest BCUT2D eigenvalue weighted by atomic mass is 16.5. The van der Waals surface area contributed by atoms with Gasteiger partial charge in [0.05, 0.1) is 24.9 Å². The average Bonchev–Trinajstić information content (AvgIpc) is 3.27. The summed E-state index contributed by atoms with van der Waals surface area (Å²) in [5.74, 6) is 1.89. The number of nitriles is 1. The Bertz CT molecular complexity index is 1110. The number of methoxy groups -OCH3 is 1. The fourth-order valence-corrected chi connectivity index (χ4v) is 3.62. The van der Waals surface area contributed by atoms with Gasteiger partial charge in [-0.3, -0.25) is 9.69 Å². The minimum absolute atomic E-state index is 0.00608. The van der Waals surface area contributed by atoms with E-state index < -0.39 is 0 Å². The fraction of sp³-hybridized carbons (Fsp3) is 0.304. The van der Waals surface area contributed by atoms with E-state index in [0.29, 0.717) is 29.4 Å². The molecule has 0 amide bonds. The Balaban J connectivity index is 1.39. The van der Waals surface area contributed by atoms with Crippen LogP contribution in [0.5, 0.6) is 5.75 Å². The second kappa shape index (κ2) is 8.98. The number of ether oxygens (including phenoxy) is 1. The third-order valence-electron chi connectivity index (χ3n) is 5.41. The monoisotopic (exact) mass is 417 g/mol. The molecule has 0 atom stereocenters. The van der Waals surface area contributed by atoms with Gasteiger partial charge < -0.3 is 14.2 Å². The molecule has 31 heavy (non-hydrogen) atoms. The zero-order chi connectivity index (χ0) is 21.8. The van der Waals surface area contributed by atoms with E-state index in [1.807, 2.05) is 30.3 Å². The molecule has 1 aliphatic heterocycles. The van der Waals surface area contributed by atoms with Gasteiger partial charge in [0.25, 0.3) is 0 Å². The van der Waals surface area contributed by atoms with Crippen LogP contribution >= 0.6 is 0 Å². The second-order valence-electron chi connectivity index (χ2n) is 7.40. The third-order valence-corrected chi connectivity index (χ3v) is 5.41. The Morgan fingerprint density at radius 1 is 1.16 bits per heavy atom. The molecule has 0 saturated carbocycles. The van der Waals surface area contributed by atoms with Crippen LogP contribution in [0, 0.1) is 11.3 Å². The van der Waals surface area contributed by atoms with Crippen LogP contribution in [0.4, 0.5) is 5.69 Å². The number of nitrogens with zero attached hydrogens (tertiary/aromatic N) is 5. The first-order valence-corrected chi connectivity index (χ1v) is 10.1. The molecule has 0 aliphatic carbocycles. The largest absolute Gasteiger partial charge is 0.497 e. The van der Waals surface area contributed by atoms with Gasteiger partial charge in [0, 0.05) is 37.3 Å². The van der Waals surface area contributed by atoms with Crippen LogP contribution in [0.2, 0.25) is 0 Å². The minimum Gasteiger partial charge on any atom is -0.497 e. The topological polar surface area (TPSA) is 95.5 Å². The lowest BCUT2D eigenvalue weighted by Crippen LogP contribution is -2.46. The van der Waals surface area contributed by atoms with Crippen molar-refractivity contribution in [1.82, 2.24) is 15.0 Å². The van der Waals surface area contributed by atoms with Crippen LogP contribution in [-0.2, 0) is 6.54 Å². The molecule has 1 aliphatic rings. The molecule has 0 N–H and O–H groups in total. The van der Waals surface area contributed by atoms with Crippen LogP contribution in [0.1, 0.15) is 28.7 Å². The highest BCUT2D eigenvalue weighted by Gasteiger charge is 2.22. The highest BCUT2D eigenvalue weighted by molar-refractivity contribution is 5.95. The Morgan fingerprint density at radius 2 is 1.90 bits per heavy atom. The van der Waals surface area contributed by atoms with Crippen molar-refractivity contribution in [1.29, 1.82) is 5.26 Å². The van der Waals surface area contributed by atoms with Crippen molar-refractivity contribution in [3.05, 3.63) is 59.5 Å². The van der Waals surface area contributed by atoms with Crippen LogP contribution < -0.4 is 9.64 Å². The molecule has 2 aromatic carbocycles. The van der Waals surface area contributed by atoms with Gasteiger partial charge in [-0.2, -0.15) is 10.2 Å². The van der Waals surface area contributed by atoms with Crippen molar-refractivity contribution in [3.63, 3.8) is 0 Å². The first-order valence-electron chi connectivity index (χ1n) is 10.1. The molecule has 3 aromatic rings. The number of hydrogen-bond acceptors (Lipinski definition) is 8. The van der Waals surface area contributed by atoms with Gasteiger partial charge >= 0.3 is 0 Å².